The maximum Gasteiger partial charge on any atom is 0.310 e. The van der Waals surface area contributed by atoms with Crippen molar-refractivity contribution in [3.63, 3.8) is 0 Å². The van der Waals surface area contributed by atoms with Crippen LogP contribution in [-0.4, -0.2) is 16.1 Å². The van der Waals surface area contributed by atoms with Gasteiger partial charge in [0.25, 0.3) is 0 Å². The van der Waals surface area contributed by atoms with Crippen LogP contribution >= 0.6 is 0 Å². The zero-order valence-corrected chi connectivity index (χ0v) is 7.80. The van der Waals surface area contributed by atoms with Crippen LogP contribution in [0.3, 0.4) is 0 Å². The first-order valence-corrected chi connectivity index (χ1v) is 4.10. The summed E-state index contributed by atoms with van der Waals surface area (Å²) in [4.78, 5) is 14.6. The summed E-state index contributed by atoms with van der Waals surface area (Å²) >= 11 is 0. The van der Waals surface area contributed by atoms with Crippen molar-refractivity contribution in [1.29, 1.82) is 0 Å². The highest BCUT2D eigenvalue weighted by atomic mass is 16.5. The first kappa shape index (κ1) is 10.2. The molecule has 0 spiro atoms. The molecule has 0 radical (unpaired) electrons. The van der Waals surface area contributed by atoms with Crippen LogP contribution in [0.4, 0.5) is 0 Å². The Hall–Kier alpha value is -1.84. The summed E-state index contributed by atoms with van der Waals surface area (Å²) in [6.45, 7) is 4.99. The van der Waals surface area contributed by atoms with Crippen LogP contribution in [0.25, 0.3) is 0 Å². The van der Waals surface area contributed by atoms with Crippen LogP contribution < -0.4 is 4.74 Å². The van der Waals surface area contributed by atoms with Crippen molar-refractivity contribution in [3.8, 4) is 5.75 Å². The largest absolute Gasteiger partial charge is 0.481 e. The van der Waals surface area contributed by atoms with Gasteiger partial charge in [0.05, 0.1) is 18.4 Å². The van der Waals surface area contributed by atoms with Gasteiger partial charge < -0.3 is 9.84 Å². The van der Waals surface area contributed by atoms with Gasteiger partial charge in [-0.15, -0.1) is 0 Å². The van der Waals surface area contributed by atoms with Gasteiger partial charge in [-0.1, -0.05) is 6.58 Å². The zero-order valence-electron chi connectivity index (χ0n) is 7.80. The summed E-state index contributed by atoms with van der Waals surface area (Å²) in [7, 11) is 0. The number of nitrogens with zero attached hydrogens (tertiary/aromatic N) is 1. The third-order valence-electron chi connectivity index (χ3n) is 1.82. The third-order valence-corrected chi connectivity index (χ3v) is 1.82. The van der Waals surface area contributed by atoms with Crippen LogP contribution in [0, 0.1) is 0 Å². The summed E-state index contributed by atoms with van der Waals surface area (Å²) in [6.07, 6.45) is 4.28. The van der Waals surface area contributed by atoms with Gasteiger partial charge in [0.2, 0.25) is 0 Å². The fraction of sp³-hybridized carbons (Fsp3) is 0.200. The number of aromatic nitrogens is 1. The van der Waals surface area contributed by atoms with E-state index in [4.69, 9.17) is 9.84 Å². The lowest BCUT2D eigenvalue weighted by Gasteiger charge is -2.07. The molecule has 0 saturated carbocycles. The number of rotatable bonds is 4. The van der Waals surface area contributed by atoms with Crippen molar-refractivity contribution in [2.45, 2.75) is 12.8 Å². The average molecular weight is 193 g/mol. The minimum absolute atomic E-state index is 0.491. The van der Waals surface area contributed by atoms with Gasteiger partial charge >= 0.3 is 5.97 Å². The number of hydrogen-bond donors (Lipinski definition) is 1. The van der Waals surface area contributed by atoms with E-state index < -0.39 is 11.9 Å². The van der Waals surface area contributed by atoms with Crippen molar-refractivity contribution < 1.29 is 14.6 Å². The molecule has 4 heteroatoms. The summed E-state index contributed by atoms with van der Waals surface area (Å²) in [5, 5.41) is 8.77. The molecular formula is C10H11NO3. The number of carboxylic acids is 1. The molecule has 14 heavy (non-hydrogen) atoms. The molecule has 0 aliphatic rings. The number of hydrogen-bond acceptors (Lipinski definition) is 3. The molecule has 1 rings (SSSR count). The molecule has 0 bridgehead atoms. The lowest BCUT2D eigenvalue weighted by Crippen LogP contribution is -2.07. The standard InChI is InChI=1S/C10H11NO3/c1-3-14-9-4-8(5-11-6-9)7(2)10(12)13/h3-7H,1H2,2H3,(H,12,13). The molecule has 1 heterocycles. The zero-order chi connectivity index (χ0) is 10.6. The van der Waals surface area contributed by atoms with Crippen LogP contribution in [0.5, 0.6) is 5.75 Å². The maximum atomic E-state index is 10.7. The van der Waals surface area contributed by atoms with Gasteiger partial charge in [0.1, 0.15) is 5.75 Å². The molecule has 0 aromatic carbocycles. The van der Waals surface area contributed by atoms with E-state index in [9.17, 15) is 4.79 Å². The molecule has 4 nitrogen and oxygen atoms in total. The molecule has 0 fully saturated rings. The quantitative estimate of drug-likeness (QED) is 0.740. The number of ether oxygens (including phenoxy) is 1. The smallest absolute Gasteiger partial charge is 0.310 e. The van der Waals surface area contributed by atoms with E-state index >= 15 is 0 Å². The highest BCUT2D eigenvalue weighted by Crippen LogP contribution is 2.19. The highest BCUT2D eigenvalue weighted by Gasteiger charge is 2.14. The Labute approximate surface area is 81.9 Å². The molecule has 1 aromatic rings. The van der Waals surface area contributed by atoms with Gasteiger partial charge in [-0.2, -0.15) is 0 Å². The van der Waals surface area contributed by atoms with Gasteiger partial charge in [-0.3, -0.25) is 9.78 Å². The Morgan fingerprint density at radius 3 is 3.00 bits per heavy atom. The molecule has 1 N–H and O–H groups in total. The second-order valence-corrected chi connectivity index (χ2v) is 2.80. The Morgan fingerprint density at radius 2 is 2.43 bits per heavy atom. The topological polar surface area (TPSA) is 59.4 Å². The van der Waals surface area contributed by atoms with E-state index in [-0.39, 0.29) is 0 Å². The van der Waals surface area contributed by atoms with Crippen LogP contribution in [0.1, 0.15) is 18.4 Å². The number of carboxylic acid groups (broad SMARTS) is 1. The monoisotopic (exact) mass is 193 g/mol. The molecular weight excluding hydrogens is 182 g/mol. The predicted molar refractivity (Wildman–Crippen MR) is 51.1 cm³/mol. The molecule has 1 unspecified atom stereocenters. The number of aliphatic carboxylic acids is 1. The highest BCUT2D eigenvalue weighted by molar-refractivity contribution is 5.75. The van der Waals surface area contributed by atoms with Crippen molar-refractivity contribution in [1.82, 2.24) is 4.98 Å². The SMILES string of the molecule is C=COc1cncc(C(C)C(=O)O)c1. The predicted octanol–water partition coefficient (Wildman–Crippen LogP) is 1.79. The van der Waals surface area contributed by atoms with Gasteiger partial charge in [-0.25, -0.2) is 0 Å². The van der Waals surface area contributed by atoms with E-state index in [0.29, 0.717) is 11.3 Å². The lowest BCUT2D eigenvalue weighted by molar-refractivity contribution is -0.138. The number of carbonyl (C=O) groups is 1. The molecule has 0 aliphatic heterocycles. The lowest BCUT2D eigenvalue weighted by atomic mass is 10.0. The van der Waals surface area contributed by atoms with Crippen molar-refractivity contribution in [3.05, 3.63) is 36.9 Å². The van der Waals surface area contributed by atoms with E-state index in [1.807, 2.05) is 0 Å². The second kappa shape index (κ2) is 4.41. The summed E-state index contributed by atoms with van der Waals surface area (Å²) < 4.78 is 4.98. The molecule has 0 amide bonds. The van der Waals surface area contributed by atoms with Crippen LogP contribution in [-0.2, 0) is 4.79 Å². The van der Waals surface area contributed by atoms with Gasteiger partial charge in [0, 0.05) is 6.20 Å². The van der Waals surface area contributed by atoms with E-state index in [1.54, 1.807) is 13.0 Å². The van der Waals surface area contributed by atoms with Crippen molar-refractivity contribution in [2.75, 3.05) is 0 Å². The first-order valence-electron chi connectivity index (χ1n) is 4.10. The van der Waals surface area contributed by atoms with Gasteiger partial charge in [0.15, 0.2) is 0 Å². The molecule has 0 saturated heterocycles. The fourth-order valence-corrected chi connectivity index (χ4v) is 0.976. The van der Waals surface area contributed by atoms with E-state index in [0.717, 1.165) is 0 Å². The van der Waals surface area contributed by atoms with Crippen LogP contribution in [0.15, 0.2) is 31.3 Å². The maximum absolute atomic E-state index is 10.7. The summed E-state index contributed by atoms with van der Waals surface area (Å²) in [6, 6.07) is 1.63. The third kappa shape index (κ3) is 2.32. The normalized spacial score (nSPS) is 11.8. The molecule has 1 atom stereocenters. The van der Waals surface area contributed by atoms with Crippen LogP contribution in [0.2, 0.25) is 0 Å². The minimum Gasteiger partial charge on any atom is -0.481 e. The Bertz CT molecular complexity index is 349. The van der Waals surface area contributed by atoms with E-state index in [1.165, 1.54) is 18.7 Å². The van der Waals surface area contributed by atoms with Gasteiger partial charge in [-0.05, 0) is 18.6 Å². The Balaban J connectivity index is 2.92. The minimum atomic E-state index is -0.887. The summed E-state index contributed by atoms with van der Waals surface area (Å²) in [5.74, 6) is -0.982. The molecule has 1 aromatic heterocycles. The Kier molecular flexibility index (Phi) is 3.23. The summed E-state index contributed by atoms with van der Waals surface area (Å²) in [5.41, 5.74) is 0.608. The molecule has 0 aliphatic carbocycles. The average Bonchev–Trinajstić information content (AvgIpc) is 2.17. The Morgan fingerprint density at radius 1 is 1.71 bits per heavy atom. The van der Waals surface area contributed by atoms with Crippen molar-refractivity contribution in [2.24, 2.45) is 0 Å². The second-order valence-electron chi connectivity index (χ2n) is 2.80. The first-order chi connectivity index (χ1) is 6.65. The fourth-order valence-electron chi connectivity index (χ4n) is 0.976. The number of pyridine rings is 1. The molecule has 74 valence electrons. The van der Waals surface area contributed by atoms with E-state index in [2.05, 4.69) is 11.6 Å². The van der Waals surface area contributed by atoms with Crippen molar-refractivity contribution >= 4 is 5.97 Å².